The van der Waals surface area contributed by atoms with Crippen LogP contribution in [-0.2, 0) is 6.54 Å². The van der Waals surface area contributed by atoms with E-state index in [-0.39, 0.29) is 0 Å². The third-order valence-corrected chi connectivity index (χ3v) is 4.64. The molecular formula is C22H27N5O2. The highest BCUT2D eigenvalue weighted by molar-refractivity contribution is 5.65. The lowest BCUT2D eigenvalue weighted by Gasteiger charge is -2.17. The highest BCUT2D eigenvalue weighted by Gasteiger charge is 2.11. The predicted octanol–water partition coefficient (Wildman–Crippen LogP) is 4.68. The number of para-hydroxylation sites is 1. The van der Waals surface area contributed by atoms with E-state index in [2.05, 4.69) is 64.8 Å². The van der Waals surface area contributed by atoms with Crippen molar-refractivity contribution in [3.8, 4) is 11.5 Å². The van der Waals surface area contributed by atoms with E-state index < -0.39 is 0 Å². The molecule has 0 fully saturated rings. The van der Waals surface area contributed by atoms with Crippen molar-refractivity contribution in [2.45, 2.75) is 33.2 Å². The van der Waals surface area contributed by atoms with Gasteiger partial charge < -0.3 is 20.1 Å². The Morgan fingerprint density at radius 3 is 2.55 bits per heavy atom. The summed E-state index contributed by atoms with van der Waals surface area (Å²) in [6, 6.07) is 12.0. The summed E-state index contributed by atoms with van der Waals surface area (Å²) in [6.07, 6.45) is 1.62. The number of rotatable bonds is 8. The van der Waals surface area contributed by atoms with Crippen LogP contribution in [0.25, 0.3) is 0 Å². The minimum Gasteiger partial charge on any atom is -0.493 e. The zero-order valence-corrected chi connectivity index (χ0v) is 17.5. The topological polar surface area (TPSA) is 81.2 Å². The second-order valence-corrected chi connectivity index (χ2v) is 7.03. The smallest absolute Gasteiger partial charge is 0.244 e. The fraction of sp³-hybridized carbons (Fsp3) is 0.318. The average molecular weight is 393 g/mol. The number of hydrogen-bond donors (Lipinski definition) is 2. The summed E-state index contributed by atoms with van der Waals surface area (Å²) >= 11 is 0. The quantitative estimate of drug-likeness (QED) is 0.575. The van der Waals surface area contributed by atoms with Crippen molar-refractivity contribution < 1.29 is 9.47 Å². The fourth-order valence-electron chi connectivity index (χ4n) is 3.08. The first-order chi connectivity index (χ1) is 14.0. The van der Waals surface area contributed by atoms with Gasteiger partial charge in [-0.15, -0.1) is 5.10 Å². The van der Waals surface area contributed by atoms with Crippen molar-refractivity contribution in [3.63, 3.8) is 0 Å². The molecule has 0 spiro atoms. The Kier molecular flexibility index (Phi) is 6.49. The number of anilines is 3. The van der Waals surface area contributed by atoms with Gasteiger partial charge in [-0.3, -0.25) is 0 Å². The Morgan fingerprint density at radius 1 is 1.03 bits per heavy atom. The number of benzene rings is 2. The molecule has 0 aliphatic carbocycles. The summed E-state index contributed by atoms with van der Waals surface area (Å²) in [5, 5.41) is 14.8. The van der Waals surface area contributed by atoms with E-state index in [0.717, 1.165) is 16.8 Å². The van der Waals surface area contributed by atoms with Gasteiger partial charge in [0.1, 0.15) is 0 Å². The number of hydrogen-bond acceptors (Lipinski definition) is 7. The van der Waals surface area contributed by atoms with Crippen molar-refractivity contribution in [3.05, 3.63) is 59.3 Å². The van der Waals surface area contributed by atoms with Gasteiger partial charge in [-0.25, -0.2) is 0 Å². The molecule has 0 saturated heterocycles. The van der Waals surface area contributed by atoms with Crippen LogP contribution in [0, 0.1) is 6.92 Å². The molecule has 7 heteroatoms. The van der Waals surface area contributed by atoms with Crippen LogP contribution in [0.2, 0.25) is 0 Å². The number of ether oxygens (including phenoxy) is 2. The van der Waals surface area contributed by atoms with Crippen molar-refractivity contribution in [1.29, 1.82) is 0 Å². The first-order valence-electron chi connectivity index (χ1n) is 9.52. The lowest BCUT2D eigenvalue weighted by atomic mass is 9.98. The molecule has 3 rings (SSSR count). The molecule has 0 radical (unpaired) electrons. The van der Waals surface area contributed by atoms with Gasteiger partial charge in [0.15, 0.2) is 17.3 Å². The van der Waals surface area contributed by atoms with Crippen molar-refractivity contribution in [1.82, 2.24) is 15.2 Å². The second-order valence-electron chi connectivity index (χ2n) is 7.03. The van der Waals surface area contributed by atoms with Crippen LogP contribution in [0.1, 0.15) is 36.5 Å². The largest absolute Gasteiger partial charge is 0.493 e. The Hall–Kier alpha value is -3.35. The maximum absolute atomic E-state index is 5.35. The first-order valence-corrected chi connectivity index (χ1v) is 9.52. The molecule has 0 bridgehead atoms. The number of nitrogens with zero attached hydrogens (tertiary/aromatic N) is 3. The van der Waals surface area contributed by atoms with Crippen LogP contribution in [0.3, 0.4) is 0 Å². The van der Waals surface area contributed by atoms with Gasteiger partial charge in [-0.2, -0.15) is 10.1 Å². The highest BCUT2D eigenvalue weighted by Crippen LogP contribution is 2.30. The standard InChI is InChI=1S/C22H27N5O2/c1-14(2)17-8-6-7-15(3)21(17)25-20-13-24-27-22(26-20)23-12-16-9-10-18(28-4)19(11-16)29-5/h6-11,13-14H,12H2,1-5H3,(H2,23,25,26,27). The minimum absolute atomic E-state index is 0.398. The van der Waals surface area contributed by atoms with Gasteiger partial charge in [0.2, 0.25) is 5.95 Å². The molecule has 7 nitrogen and oxygen atoms in total. The molecule has 0 atom stereocenters. The Bertz CT molecular complexity index is 975. The molecule has 1 aromatic heterocycles. The summed E-state index contributed by atoms with van der Waals surface area (Å²) in [5.41, 5.74) is 4.48. The molecule has 3 aromatic rings. The number of methoxy groups -OCH3 is 2. The molecular weight excluding hydrogens is 366 g/mol. The van der Waals surface area contributed by atoms with Gasteiger partial charge in [-0.1, -0.05) is 38.1 Å². The van der Waals surface area contributed by atoms with E-state index in [1.165, 1.54) is 5.56 Å². The molecule has 2 N–H and O–H groups in total. The van der Waals surface area contributed by atoms with Crippen molar-refractivity contribution >= 4 is 17.5 Å². The summed E-state index contributed by atoms with van der Waals surface area (Å²) in [6.45, 7) is 6.97. The number of aryl methyl sites for hydroxylation is 1. The summed E-state index contributed by atoms with van der Waals surface area (Å²) in [5.74, 6) is 2.87. The van der Waals surface area contributed by atoms with Crippen LogP contribution in [0.5, 0.6) is 11.5 Å². The molecule has 0 aliphatic heterocycles. The highest BCUT2D eigenvalue weighted by atomic mass is 16.5. The molecule has 0 unspecified atom stereocenters. The van der Waals surface area contributed by atoms with E-state index in [9.17, 15) is 0 Å². The fourth-order valence-corrected chi connectivity index (χ4v) is 3.08. The van der Waals surface area contributed by atoms with Crippen LogP contribution in [0.4, 0.5) is 17.5 Å². The molecule has 0 saturated carbocycles. The minimum atomic E-state index is 0.398. The van der Waals surface area contributed by atoms with Gasteiger partial charge in [0.25, 0.3) is 0 Å². The number of nitrogens with one attached hydrogen (secondary N) is 2. The maximum atomic E-state index is 5.35. The van der Waals surface area contributed by atoms with E-state index in [1.807, 2.05) is 18.2 Å². The van der Waals surface area contributed by atoms with Gasteiger partial charge in [0.05, 0.1) is 20.4 Å². The third-order valence-electron chi connectivity index (χ3n) is 4.64. The normalized spacial score (nSPS) is 10.7. The molecule has 0 aliphatic rings. The van der Waals surface area contributed by atoms with Crippen LogP contribution in [-0.4, -0.2) is 29.4 Å². The van der Waals surface area contributed by atoms with E-state index in [1.54, 1.807) is 20.4 Å². The first kappa shape index (κ1) is 20.4. The molecule has 1 heterocycles. The van der Waals surface area contributed by atoms with E-state index in [0.29, 0.717) is 35.7 Å². The summed E-state index contributed by atoms with van der Waals surface area (Å²) in [7, 11) is 3.24. The van der Waals surface area contributed by atoms with Crippen molar-refractivity contribution in [2.24, 2.45) is 0 Å². The maximum Gasteiger partial charge on any atom is 0.244 e. The number of aromatic nitrogens is 3. The van der Waals surface area contributed by atoms with Crippen LogP contribution >= 0.6 is 0 Å². The molecule has 2 aromatic carbocycles. The lowest BCUT2D eigenvalue weighted by molar-refractivity contribution is 0.354. The predicted molar refractivity (Wildman–Crippen MR) is 115 cm³/mol. The van der Waals surface area contributed by atoms with E-state index >= 15 is 0 Å². The van der Waals surface area contributed by atoms with Gasteiger partial charge in [-0.05, 0) is 41.7 Å². The Balaban J connectivity index is 1.74. The third kappa shape index (κ3) is 4.93. The second kappa shape index (κ2) is 9.23. The SMILES string of the molecule is COc1ccc(CNc2nncc(Nc3c(C)cccc3C(C)C)n2)cc1OC. The van der Waals surface area contributed by atoms with E-state index in [4.69, 9.17) is 9.47 Å². The Morgan fingerprint density at radius 2 is 1.83 bits per heavy atom. The van der Waals surface area contributed by atoms with Crippen LogP contribution < -0.4 is 20.1 Å². The monoisotopic (exact) mass is 393 g/mol. The zero-order valence-electron chi connectivity index (χ0n) is 17.5. The zero-order chi connectivity index (χ0) is 20.8. The molecule has 152 valence electrons. The van der Waals surface area contributed by atoms with Crippen molar-refractivity contribution in [2.75, 3.05) is 24.9 Å². The summed E-state index contributed by atoms with van der Waals surface area (Å²) in [4.78, 5) is 4.55. The Labute approximate surface area is 171 Å². The molecule has 29 heavy (non-hydrogen) atoms. The van der Waals surface area contributed by atoms with Gasteiger partial charge in [0, 0.05) is 12.2 Å². The average Bonchev–Trinajstić information content (AvgIpc) is 2.73. The molecule has 0 amide bonds. The lowest BCUT2D eigenvalue weighted by Crippen LogP contribution is -2.08. The summed E-state index contributed by atoms with van der Waals surface area (Å²) < 4.78 is 10.6. The van der Waals surface area contributed by atoms with Gasteiger partial charge >= 0.3 is 0 Å². The van der Waals surface area contributed by atoms with Crippen LogP contribution in [0.15, 0.2) is 42.6 Å².